The first kappa shape index (κ1) is 21.2. The number of aryl methyl sites for hydroxylation is 1. The van der Waals surface area contributed by atoms with Crippen molar-refractivity contribution >= 4 is 11.9 Å². The van der Waals surface area contributed by atoms with Gasteiger partial charge in [0.05, 0.1) is 13.0 Å². The molecule has 164 valence electrons. The number of hydrogen-bond donors (Lipinski definition) is 1. The van der Waals surface area contributed by atoms with Gasteiger partial charge in [-0.05, 0) is 48.6 Å². The lowest BCUT2D eigenvalue weighted by Gasteiger charge is -2.21. The molecule has 2 aliphatic rings. The molecule has 2 aliphatic heterocycles. The van der Waals surface area contributed by atoms with Crippen LogP contribution in [0.15, 0.2) is 30.3 Å². The van der Waals surface area contributed by atoms with Gasteiger partial charge in [-0.3, -0.25) is 9.59 Å². The Morgan fingerprint density at radius 1 is 1.10 bits per heavy atom. The minimum absolute atomic E-state index is 0.0501. The highest BCUT2D eigenvalue weighted by molar-refractivity contribution is 5.99. The highest BCUT2D eigenvalue weighted by Crippen LogP contribution is 2.41. The summed E-state index contributed by atoms with van der Waals surface area (Å²) in [5, 5.41) is 2.84. The second-order valence-electron chi connectivity index (χ2n) is 7.75. The summed E-state index contributed by atoms with van der Waals surface area (Å²) in [7, 11) is 1.61. The zero-order valence-corrected chi connectivity index (χ0v) is 17.9. The van der Waals surface area contributed by atoms with Crippen molar-refractivity contribution in [2.75, 3.05) is 33.5 Å². The Balaban J connectivity index is 1.49. The summed E-state index contributed by atoms with van der Waals surface area (Å²) in [6.07, 6.45) is 1.40. The van der Waals surface area contributed by atoms with Gasteiger partial charge in [-0.1, -0.05) is 18.2 Å². The van der Waals surface area contributed by atoms with Crippen molar-refractivity contribution in [3.05, 3.63) is 47.0 Å². The molecular formula is C24H27NO6. The Bertz CT molecular complexity index is 980. The molecular weight excluding hydrogens is 398 g/mol. The second kappa shape index (κ2) is 9.39. The molecule has 0 radical (unpaired) electrons. The number of methoxy groups -OCH3 is 1. The fraction of sp³-hybridized carbons (Fsp3) is 0.417. The van der Waals surface area contributed by atoms with Gasteiger partial charge in [0, 0.05) is 30.9 Å². The molecule has 0 aliphatic carbocycles. The van der Waals surface area contributed by atoms with Gasteiger partial charge in [-0.25, -0.2) is 0 Å². The Morgan fingerprint density at radius 2 is 1.87 bits per heavy atom. The van der Waals surface area contributed by atoms with Crippen LogP contribution in [0.5, 0.6) is 11.5 Å². The topological polar surface area (TPSA) is 83.1 Å². The molecule has 1 amide bonds. The van der Waals surface area contributed by atoms with Crippen molar-refractivity contribution in [3.63, 3.8) is 0 Å². The number of nitrogens with one attached hydrogen (secondary N) is 1. The molecule has 1 fully saturated rings. The Labute approximate surface area is 181 Å². The minimum Gasteiger partial charge on any atom is -0.493 e. The van der Waals surface area contributed by atoms with Crippen molar-refractivity contribution in [3.8, 4) is 22.6 Å². The van der Waals surface area contributed by atoms with Crippen molar-refractivity contribution in [2.24, 2.45) is 5.92 Å². The Hall–Kier alpha value is -3.06. The number of hydrogen-bond acceptors (Lipinski definition) is 6. The number of esters is 1. The third-order valence-corrected chi connectivity index (χ3v) is 5.74. The van der Waals surface area contributed by atoms with Gasteiger partial charge in [0.25, 0.3) is 5.91 Å². The van der Waals surface area contributed by atoms with E-state index in [1.54, 1.807) is 7.11 Å². The fourth-order valence-corrected chi connectivity index (χ4v) is 4.02. The first-order valence-electron chi connectivity index (χ1n) is 10.5. The van der Waals surface area contributed by atoms with Crippen LogP contribution >= 0.6 is 0 Å². The van der Waals surface area contributed by atoms with Crippen molar-refractivity contribution in [2.45, 2.75) is 26.3 Å². The quantitative estimate of drug-likeness (QED) is 0.542. The molecule has 1 saturated heterocycles. The third kappa shape index (κ3) is 4.51. The van der Waals surface area contributed by atoms with Crippen LogP contribution < -0.4 is 14.8 Å². The average Bonchev–Trinajstić information content (AvgIpc) is 3.17. The molecule has 0 bridgehead atoms. The molecule has 7 heteroatoms. The van der Waals surface area contributed by atoms with Crippen molar-refractivity contribution in [1.82, 2.24) is 5.32 Å². The van der Waals surface area contributed by atoms with Gasteiger partial charge in [-0.15, -0.1) is 0 Å². The smallest absolute Gasteiger partial charge is 0.309 e. The molecule has 0 unspecified atom stereocenters. The second-order valence-corrected chi connectivity index (χ2v) is 7.75. The zero-order chi connectivity index (χ0) is 21.8. The SMILES string of the molecule is COc1c(C)ccc(-c2ccc3c(c2)CNC3=O)c1OCCOC(=O)C1CCOCC1. The summed E-state index contributed by atoms with van der Waals surface area (Å²) in [6.45, 7) is 4.04. The first-order chi connectivity index (χ1) is 15.1. The van der Waals surface area contributed by atoms with E-state index in [0.29, 0.717) is 49.7 Å². The Morgan fingerprint density at radius 3 is 2.65 bits per heavy atom. The van der Waals surface area contributed by atoms with Gasteiger partial charge in [0.1, 0.15) is 13.2 Å². The van der Waals surface area contributed by atoms with E-state index in [1.807, 2.05) is 37.3 Å². The monoisotopic (exact) mass is 425 g/mol. The van der Waals surface area contributed by atoms with Crippen LogP contribution in [0.2, 0.25) is 0 Å². The van der Waals surface area contributed by atoms with E-state index in [-0.39, 0.29) is 31.0 Å². The van der Waals surface area contributed by atoms with E-state index in [9.17, 15) is 9.59 Å². The summed E-state index contributed by atoms with van der Waals surface area (Å²) in [5.41, 5.74) is 4.39. The van der Waals surface area contributed by atoms with Gasteiger partial charge in [-0.2, -0.15) is 0 Å². The molecule has 0 aromatic heterocycles. The number of ether oxygens (including phenoxy) is 4. The molecule has 7 nitrogen and oxygen atoms in total. The molecule has 0 spiro atoms. The number of carbonyl (C=O) groups excluding carboxylic acids is 2. The lowest BCUT2D eigenvalue weighted by Crippen LogP contribution is -2.26. The van der Waals surface area contributed by atoms with Gasteiger partial charge in [0.2, 0.25) is 0 Å². The molecule has 2 aromatic rings. The highest BCUT2D eigenvalue weighted by atomic mass is 16.6. The largest absolute Gasteiger partial charge is 0.493 e. The normalized spacial score (nSPS) is 15.9. The van der Waals surface area contributed by atoms with E-state index in [1.165, 1.54) is 0 Å². The highest BCUT2D eigenvalue weighted by Gasteiger charge is 2.24. The maximum Gasteiger partial charge on any atom is 0.309 e. The lowest BCUT2D eigenvalue weighted by atomic mass is 9.98. The molecule has 2 heterocycles. The average molecular weight is 425 g/mol. The van der Waals surface area contributed by atoms with Gasteiger partial charge < -0.3 is 24.3 Å². The predicted molar refractivity (Wildman–Crippen MR) is 114 cm³/mol. The summed E-state index contributed by atoms with van der Waals surface area (Å²) in [4.78, 5) is 24.1. The number of amides is 1. The Kier molecular flexibility index (Phi) is 6.42. The molecule has 1 N–H and O–H groups in total. The minimum atomic E-state index is -0.195. The van der Waals surface area contributed by atoms with Gasteiger partial charge >= 0.3 is 5.97 Å². The summed E-state index contributed by atoms with van der Waals surface area (Å²) in [5.74, 6) is 0.898. The fourth-order valence-electron chi connectivity index (χ4n) is 4.02. The van der Waals surface area contributed by atoms with Crippen LogP contribution in [0, 0.1) is 12.8 Å². The van der Waals surface area contributed by atoms with E-state index in [4.69, 9.17) is 18.9 Å². The first-order valence-corrected chi connectivity index (χ1v) is 10.5. The molecule has 31 heavy (non-hydrogen) atoms. The number of fused-ring (bicyclic) bond motifs is 1. The van der Waals surface area contributed by atoms with E-state index in [0.717, 1.165) is 22.3 Å². The van der Waals surface area contributed by atoms with Crippen LogP contribution in [0.1, 0.15) is 34.3 Å². The number of carbonyl (C=O) groups is 2. The van der Waals surface area contributed by atoms with Gasteiger partial charge in [0.15, 0.2) is 11.5 Å². The summed E-state index contributed by atoms with van der Waals surface area (Å²) >= 11 is 0. The van der Waals surface area contributed by atoms with E-state index in [2.05, 4.69) is 5.32 Å². The molecule has 0 saturated carbocycles. The molecule has 4 rings (SSSR count). The summed E-state index contributed by atoms with van der Waals surface area (Å²) in [6, 6.07) is 9.69. The third-order valence-electron chi connectivity index (χ3n) is 5.74. The van der Waals surface area contributed by atoms with Crippen molar-refractivity contribution in [1.29, 1.82) is 0 Å². The summed E-state index contributed by atoms with van der Waals surface area (Å²) < 4.78 is 22.4. The maximum absolute atomic E-state index is 12.2. The predicted octanol–water partition coefficient (Wildman–Crippen LogP) is 3.26. The van der Waals surface area contributed by atoms with E-state index >= 15 is 0 Å². The van der Waals surface area contributed by atoms with Crippen LogP contribution in [0.3, 0.4) is 0 Å². The lowest BCUT2D eigenvalue weighted by molar-refractivity contribution is -0.152. The molecule has 2 aromatic carbocycles. The standard InChI is InChI=1S/C24H27NO6/c1-15-3-5-19(17-4-6-20-18(13-17)14-25-23(20)26)22(21(15)28-2)30-11-12-31-24(27)16-7-9-29-10-8-16/h3-6,13,16H,7-12,14H2,1-2H3,(H,25,26). The van der Waals surface area contributed by atoms with Crippen LogP contribution in [0.25, 0.3) is 11.1 Å². The van der Waals surface area contributed by atoms with Crippen LogP contribution in [0.4, 0.5) is 0 Å². The number of rotatable bonds is 7. The van der Waals surface area contributed by atoms with Crippen LogP contribution in [-0.4, -0.2) is 45.4 Å². The molecule has 0 atom stereocenters. The zero-order valence-electron chi connectivity index (χ0n) is 17.9. The number of benzene rings is 2. The maximum atomic E-state index is 12.2. The van der Waals surface area contributed by atoms with Crippen molar-refractivity contribution < 1.29 is 28.5 Å². The van der Waals surface area contributed by atoms with E-state index < -0.39 is 0 Å². The van der Waals surface area contributed by atoms with Crippen LogP contribution in [-0.2, 0) is 20.8 Å².